The highest BCUT2D eigenvalue weighted by molar-refractivity contribution is 5.25. The molecule has 0 bridgehead atoms. The molecule has 0 spiro atoms. The molecule has 1 fully saturated rings. The second kappa shape index (κ2) is 6.25. The Labute approximate surface area is 123 Å². The minimum atomic E-state index is 0.144. The number of aryl methyl sites for hydroxylation is 1. The quantitative estimate of drug-likeness (QED) is 0.915. The van der Waals surface area contributed by atoms with Crippen molar-refractivity contribution in [3.8, 4) is 0 Å². The molecule has 1 aromatic carbocycles. The molecule has 1 aromatic rings. The highest BCUT2D eigenvalue weighted by Gasteiger charge is 2.36. The van der Waals surface area contributed by atoms with Crippen molar-refractivity contribution >= 4 is 0 Å². The largest absolute Gasteiger partial charge is 0.326 e. The van der Waals surface area contributed by atoms with Crippen LogP contribution in [-0.2, 0) is 0 Å². The first-order chi connectivity index (χ1) is 9.40. The number of hydrogen-bond donors (Lipinski definition) is 1. The monoisotopic (exact) mass is 275 g/mol. The third kappa shape index (κ3) is 3.22. The molecular weight excluding hydrogens is 246 g/mol. The summed E-state index contributed by atoms with van der Waals surface area (Å²) in [6.07, 6.45) is 0. The topological polar surface area (TPSA) is 32.5 Å². The summed E-state index contributed by atoms with van der Waals surface area (Å²) in [4.78, 5) is 4.91. The molecule has 0 aliphatic carbocycles. The van der Waals surface area contributed by atoms with Gasteiger partial charge in [-0.3, -0.25) is 4.90 Å². The third-order valence-electron chi connectivity index (χ3n) is 4.57. The van der Waals surface area contributed by atoms with E-state index >= 15 is 0 Å². The lowest BCUT2D eigenvalue weighted by molar-refractivity contribution is 0.197. The summed E-state index contributed by atoms with van der Waals surface area (Å²) < 4.78 is 0. The number of likely N-dealkylation sites (N-methyl/N-ethyl adjacent to an activating group) is 1. The second-order valence-electron chi connectivity index (χ2n) is 6.68. The first-order valence-corrected chi connectivity index (χ1v) is 7.62. The van der Waals surface area contributed by atoms with Crippen molar-refractivity contribution < 1.29 is 0 Å². The first kappa shape index (κ1) is 15.5. The van der Waals surface area contributed by atoms with Gasteiger partial charge in [0.25, 0.3) is 0 Å². The second-order valence-corrected chi connectivity index (χ2v) is 6.68. The summed E-state index contributed by atoms with van der Waals surface area (Å²) in [6, 6.07) is 9.94. The molecule has 2 N–H and O–H groups in total. The van der Waals surface area contributed by atoms with Crippen LogP contribution < -0.4 is 5.73 Å². The van der Waals surface area contributed by atoms with Gasteiger partial charge in [-0.25, -0.2) is 0 Å². The van der Waals surface area contributed by atoms with Gasteiger partial charge in [0.1, 0.15) is 0 Å². The van der Waals surface area contributed by atoms with Gasteiger partial charge in [-0.2, -0.15) is 0 Å². The number of hydrogen-bond acceptors (Lipinski definition) is 3. The number of nitrogens with two attached hydrogens (primary N) is 1. The number of rotatable bonds is 4. The molecule has 1 aliphatic heterocycles. The van der Waals surface area contributed by atoms with Crippen LogP contribution in [0.1, 0.15) is 31.0 Å². The molecule has 0 amide bonds. The molecule has 1 saturated heterocycles. The van der Waals surface area contributed by atoms with Crippen LogP contribution in [0.3, 0.4) is 0 Å². The Morgan fingerprint density at radius 1 is 1.20 bits per heavy atom. The van der Waals surface area contributed by atoms with E-state index in [4.69, 9.17) is 5.73 Å². The minimum Gasteiger partial charge on any atom is -0.326 e. The van der Waals surface area contributed by atoms with Crippen LogP contribution in [0, 0.1) is 12.8 Å². The van der Waals surface area contributed by atoms with Gasteiger partial charge in [0, 0.05) is 31.2 Å². The number of benzene rings is 1. The number of likely N-dealkylation sites (tertiary alicyclic amines) is 1. The van der Waals surface area contributed by atoms with Crippen molar-refractivity contribution in [2.45, 2.75) is 38.9 Å². The Morgan fingerprint density at radius 3 is 2.25 bits per heavy atom. The van der Waals surface area contributed by atoms with Gasteiger partial charge < -0.3 is 10.6 Å². The van der Waals surface area contributed by atoms with Gasteiger partial charge >= 0.3 is 0 Å². The molecule has 2 rings (SSSR count). The molecule has 0 saturated carbocycles. The Morgan fingerprint density at radius 2 is 1.80 bits per heavy atom. The molecule has 3 heteroatoms. The van der Waals surface area contributed by atoms with Crippen LogP contribution in [0.15, 0.2) is 24.3 Å². The van der Waals surface area contributed by atoms with Crippen molar-refractivity contribution in [2.75, 3.05) is 27.2 Å². The molecule has 3 nitrogen and oxygen atoms in total. The summed E-state index contributed by atoms with van der Waals surface area (Å²) in [6.45, 7) is 8.83. The van der Waals surface area contributed by atoms with Gasteiger partial charge in [-0.05, 0) is 39.4 Å². The van der Waals surface area contributed by atoms with Gasteiger partial charge in [0.2, 0.25) is 0 Å². The van der Waals surface area contributed by atoms with Crippen molar-refractivity contribution in [3.05, 3.63) is 35.4 Å². The Bertz CT molecular complexity index is 424. The lowest BCUT2D eigenvalue weighted by atomic mass is 9.98. The normalized spacial score (nSPS) is 26.9. The molecule has 112 valence electrons. The SMILES string of the molecule is Cc1ccc(C(C(C)N)N2CC(C)C(N(C)C)C2)cc1. The maximum Gasteiger partial charge on any atom is 0.0497 e. The Hall–Kier alpha value is -0.900. The third-order valence-corrected chi connectivity index (χ3v) is 4.57. The average Bonchev–Trinajstić information content (AvgIpc) is 2.73. The van der Waals surface area contributed by atoms with Crippen molar-refractivity contribution in [2.24, 2.45) is 11.7 Å². The van der Waals surface area contributed by atoms with Crippen molar-refractivity contribution in [1.82, 2.24) is 9.80 Å². The summed E-state index contributed by atoms with van der Waals surface area (Å²) in [7, 11) is 4.36. The van der Waals surface area contributed by atoms with E-state index in [0.29, 0.717) is 18.0 Å². The standard InChI is InChI=1S/C17H29N3/c1-12-6-8-15(9-7-12)17(14(3)18)20-10-13(2)16(11-20)19(4)5/h6-9,13-14,16-17H,10-11,18H2,1-5H3. The zero-order valence-electron chi connectivity index (χ0n) is 13.5. The molecule has 1 aliphatic rings. The minimum absolute atomic E-state index is 0.144. The van der Waals surface area contributed by atoms with E-state index in [1.54, 1.807) is 0 Å². The van der Waals surface area contributed by atoms with Gasteiger partial charge in [0.05, 0.1) is 0 Å². The molecule has 4 atom stereocenters. The fraction of sp³-hybridized carbons (Fsp3) is 0.647. The molecule has 20 heavy (non-hydrogen) atoms. The van der Waals surface area contributed by atoms with Gasteiger partial charge in [-0.1, -0.05) is 36.8 Å². The van der Waals surface area contributed by atoms with E-state index < -0.39 is 0 Å². The van der Waals surface area contributed by atoms with Crippen LogP contribution >= 0.6 is 0 Å². The van der Waals surface area contributed by atoms with Crippen LogP contribution in [0.2, 0.25) is 0 Å². The number of nitrogens with zero attached hydrogens (tertiary/aromatic N) is 2. The average molecular weight is 275 g/mol. The molecule has 0 radical (unpaired) electrons. The lowest BCUT2D eigenvalue weighted by Gasteiger charge is -2.32. The summed E-state index contributed by atoms with van der Waals surface area (Å²) >= 11 is 0. The van der Waals surface area contributed by atoms with Crippen molar-refractivity contribution in [1.29, 1.82) is 0 Å². The highest BCUT2D eigenvalue weighted by Crippen LogP contribution is 2.31. The summed E-state index contributed by atoms with van der Waals surface area (Å²) in [5.41, 5.74) is 8.95. The predicted molar refractivity (Wildman–Crippen MR) is 85.8 cm³/mol. The molecule has 1 heterocycles. The van der Waals surface area contributed by atoms with E-state index in [1.807, 2.05) is 0 Å². The summed E-state index contributed by atoms with van der Waals surface area (Å²) in [5, 5.41) is 0. The maximum atomic E-state index is 6.30. The van der Waals surface area contributed by atoms with E-state index in [2.05, 4.69) is 68.9 Å². The van der Waals surface area contributed by atoms with Crippen LogP contribution in [-0.4, -0.2) is 49.1 Å². The Balaban J connectivity index is 2.20. The molecular formula is C17H29N3. The maximum absolute atomic E-state index is 6.30. The zero-order chi connectivity index (χ0) is 14.9. The van der Waals surface area contributed by atoms with Crippen molar-refractivity contribution in [3.63, 3.8) is 0 Å². The van der Waals surface area contributed by atoms with E-state index in [9.17, 15) is 0 Å². The first-order valence-electron chi connectivity index (χ1n) is 7.62. The highest BCUT2D eigenvalue weighted by atomic mass is 15.3. The lowest BCUT2D eigenvalue weighted by Crippen LogP contribution is -2.40. The fourth-order valence-electron chi connectivity index (χ4n) is 3.50. The smallest absolute Gasteiger partial charge is 0.0497 e. The van der Waals surface area contributed by atoms with Crippen LogP contribution in [0.25, 0.3) is 0 Å². The zero-order valence-corrected chi connectivity index (χ0v) is 13.5. The summed E-state index contributed by atoms with van der Waals surface area (Å²) in [5.74, 6) is 0.691. The van der Waals surface area contributed by atoms with E-state index in [1.165, 1.54) is 11.1 Å². The van der Waals surface area contributed by atoms with E-state index in [-0.39, 0.29) is 6.04 Å². The molecule has 4 unspecified atom stereocenters. The van der Waals surface area contributed by atoms with E-state index in [0.717, 1.165) is 13.1 Å². The predicted octanol–water partition coefficient (Wildman–Crippen LogP) is 2.27. The van der Waals surface area contributed by atoms with Gasteiger partial charge in [0.15, 0.2) is 0 Å². The Kier molecular flexibility index (Phi) is 4.84. The van der Waals surface area contributed by atoms with Gasteiger partial charge in [-0.15, -0.1) is 0 Å². The molecule has 0 aromatic heterocycles. The van der Waals surface area contributed by atoms with Crippen LogP contribution in [0.4, 0.5) is 0 Å². The van der Waals surface area contributed by atoms with Crippen LogP contribution in [0.5, 0.6) is 0 Å². The fourth-order valence-corrected chi connectivity index (χ4v) is 3.50.